The predicted octanol–water partition coefficient (Wildman–Crippen LogP) is 3.44. The normalized spacial score (nSPS) is 14.3. The van der Waals surface area contributed by atoms with Crippen LogP contribution in [0.25, 0.3) is 0 Å². The van der Waals surface area contributed by atoms with Gasteiger partial charge in [-0.15, -0.1) is 0 Å². The third-order valence-corrected chi connectivity index (χ3v) is 3.45. The molecule has 3 rings (SSSR count). The van der Waals surface area contributed by atoms with E-state index in [9.17, 15) is 18.0 Å². The van der Waals surface area contributed by atoms with Gasteiger partial charge >= 0.3 is 6.18 Å². The van der Waals surface area contributed by atoms with Gasteiger partial charge in [0.1, 0.15) is 5.69 Å². The number of amides is 1. The largest absolute Gasteiger partial charge is 0.416 e. The molecule has 1 amide bonds. The standard InChI is InChI=1S/C16H15F3N4O/c1-9-7-13(14(24)21-11-5-6-11)23-15(20-9)22-12-4-2-3-10(8-12)16(17,18)19/h2-4,7-8,11H,5-6H2,1H3,(H,21,24)(H,20,22,23). The third-order valence-electron chi connectivity index (χ3n) is 3.45. The lowest BCUT2D eigenvalue weighted by Gasteiger charge is -2.11. The fourth-order valence-electron chi connectivity index (χ4n) is 2.13. The molecule has 126 valence electrons. The van der Waals surface area contributed by atoms with Crippen LogP contribution < -0.4 is 10.6 Å². The number of benzene rings is 1. The number of aryl methyl sites for hydroxylation is 1. The van der Waals surface area contributed by atoms with Crippen molar-refractivity contribution in [3.63, 3.8) is 0 Å². The van der Waals surface area contributed by atoms with E-state index in [0.29, 0.717) is 5.69 Å². The molecule has 0 saturated heterocycles. The molecule has 0 bridgehead atoms. The maximum absolute atomic E-state index is 12.8. The monoisotopic (exact) mass is 336 g/mol. The quantitative estimate of drug-likeness (QED) is 0.897. The Morgan fingerprint density at radius 2 is 1.96 bits per heavy atom. The lowest BCUT2D eigenvalue weighted by atomic mass is 10.2. The Kier molecular flexibility index (Phi) is 4.13. The van der Waals surface area contributed by atoms with Crippen LogP contribution in [0.1, 0.15) is 34.6 Å². The van der Waals surface area contributed by atoms with Crippen LogP contribution in [0.3, 0.4) is 0 Å². The van der Waals surface area contributed by atoms with E-state index in [1.54, 1.807) is 6.92 Å². The van der Waals surface area contributed by atoms with E-state index in [2.05, 4.69) is 20.6 Å². The third kappa shape index (κ3) is 4.01. The highest BCUT2D eigenvalue weighted by molar-refractivity contribution is 5.93. The Hall–Kier alpha value is -2.64. The molecule has 8 heteroatoms. The first kappa shape index (κ1) is 16.2. The van der Waals surface area contributed by atoms with Crippen molar-refractivity contribution < 1.29 is 18.0 Å². The van der Waals surface area contributed by atoms with E-state index in [0.717, 1.165) is 25.0 Å². The molecule has 0 atom stereocenters. The van der Waals surface area contributed by atoms with E-state index < -0.39 is 11.7 Å². The molecule has 0 aliphatic heterocycles. The zero-order valence-corrected chi connectivity index (χ0v) is 12.8. The molecule has 2 N–H and O–H groups in total. The maximum atomic E-state index is 12.8. The SMILES string of the molecule is Cc1cc(C(=O)NC2CC2)nc(Nc2cccc(C(F)(F)F)c2)n1. The number of aromatic nitrogens is 2. The fraction of sp³-hybridized carbons (Fsp3) is 0.312. The van der Waals surface area contributed by atoms with Gasteiger partial charge in [-0.25, -0.2) is 9.97 Å². The van der Waals surface area contributed by atoms with E-state index in [-0.39, 0.29) is 29.3 Å². The van der Waals surface area contributed by atoms with Gasteiger partial charge < -0.3 is 10.6 Å². The van der Waals surface area contributed by atoms with Crippen LogP contribution in [0.5, 0.6) is 0 Å². The van der Waals surface area contributed by atoms with E-state index in [1.165, 1.54) is 18.2 Å². The highest BCUT2D eigenvalue weighted by Crippen LogP contribution is 2.31. The Labute approximate surface area is 136 Å². The number of nitrogens with one attached hydrogen (secondary N) is 2. The number of rotatable bonds is 4. The Morgan fingerprint density at radius 1 is 1.21 bits per heavy atom. The molecule has 24 heavy (non-hydrogen) atoms. The molecule has 5 nitrogen and oxygen atoms in total. The smallest absolute Gasteiger partial charge is 0.348 e. The van der Waals surface area contributed by atoms with Gasteiger partial charge in [0.15, 0.2) is 0 Å². The van der Waals surface area contributed by atoms with Crippen molar-refractivity contribution in [3.8, 4) is 0 Å². The minimum absolute atomic E-state index is 0.0790. The summed E-state index contributed by atoms with van der Waals surface area (Å²) < 4.78 is 38.3. The molecule has 1 heterocycles. The fourth-order valence-corrected chi connectivity index (χ4v) is 2.13. The van der Waals surface area contributed by atoms with Crippen LogP contribution in [-0.2, 0) is 6.18 Å². The summed E-state index contributed by atoms with van der Waals surface area (Å²) >= 11 is 0. The molecule has 1 aliphatic rings. The average molecular weight is 336 g/mol. The summed E-state index contributed by atoms with van der Waals surface area (Å²) in [6.45, 7) is 1.69. The highest BCUT2D eigenvalue weighted by Gasteiger charge is 2.30. The summed E-state index contributed by atoms with van der Waals surface area (Å²) in [5.41, 5.74) is 0.153. The highest BCUT2D eigenvalue weighted by atomic mass is 19.4. The minimum Gasteiger partial charge on any atom is -0.348 e. The first-order chi connectivity index (χ1) is 11.3. The summed E-state index contributed by atoms with van der Waals surface area (Å²) in [5.74, 6) is -0.231. The summed E-state index contributed by atoms with van der Waals surface area (Å²) in [4.78, 5) is 20.3. The second-order valence-electron chi connectivity index (χ2n) is 5.67. The zero-order chi connectivity index (χ0) is 17.3. The van der Waals surface area contributed by atoms with E-state index in [4.69, 9.17) is 0 Å². The van der Waals surface area contributed by atoms with Gasteiger partial charge in [0.05, 0.1) is 5.56 Å². The van der Waals surface area contributed by atoms with E-state index in [1.807, 2.05) is 0 Å². The molecular weight excluding hydrogens is 321 g/mol. The second-order valence-corrected chi connectivity index (χ2v) is 5.67. The van der Waals surface area contributed by atoms with Crippen LogP contribution in [0.2, 0.25) is 0 Å². The Balaban J connectivity index is 1.82. The molecule has 1 saturated carbocycles. The van der Waals surface area contributed by atoms with Crippen molar-refractivity contribution in [2.45, 2.75) is 32.0 Å². The van der Waals surface area contributed by atoms with Gasteiger partial charge in [-0.1, -0.05) is 6.07 Å². The average Bonchev–Trinajstić information content (AvgIpc) is 3.30. The van der Waals surface area contributed by atoms with Crippen molar-refractivity contribution in [2.75, 3.05) is 5.32 Å². The van der Waals surface area contributed by atoms with E-state index >= 15 is 0 Å². The van der Waals surface area contributed by atoms with Crippen LogP contribution in [0, 0.1) is 6.92 Å². The number of nitrogens with zero attached hydrogens (tertiary/aromatic N) is 2. The number of alkyl halides is 3. The number of anilines is 2. The molecule has 0 unspecified atom stereocenters. The van der Waals surface area contributed by atoms with Gasteiger partial charge in [0.2, 0.25) is 5.95 Å². The summed E-state index contributed by atoms with van der Waals surface area (Å²) in [6.07, 6.45) is -2.53. The lowest BCUT2D eigenvalue weighted by molar-refractivity contribution is -0.137. The number of halogens is 3. The number of carbonyl (C=O) groups excluding carboxylic acids is 1. The maximum Gasteiger partial charge on any atom is 0.416 e. The predicted molar refractivity (Wildman–Crippen MR) is 82.0 cm³/mol. The van der Waals surface area contributed by atoms with Crippen LogP contribution in [0.4, 0.5) is 24.8 Å². The molecule has 1 aliphatic carbocycles. The van der Waals surface area contributed by atoms with Gasteiger partial charge in [-0.3, -0.25) is 4.79 Å². The zero-order valence-electron chi connectivity index (χ0n) is 12.8. The molecular formula is C16H15F3N4O. The molecule has 0 spiro atoms. The van der Waals surface area contributed by atoms with Crippen LogP contribution in [-0.4, -0.2) is 21.9 Å². The van der Waals surface area contributed by atoms with Gasteiger partial charge in [-0.2, -0.15) is 13.2 Å². The molecule has 0 radical (unpaired) electrons. The van der Waals surface area contributed by atoms with Crippen molar-refractivity contribution >= 4 is 17.5 Å². The molecule has 1 aromatic heterocycles. The van der Waals surface area contributed by atoms with Crippen molar-refractivity contribution in [3.05, 3.63) is 47.3 Å². The van der Waals surface area contributed by atoms with Gasteiger partial charge in [-0.05, 0) is 44.0 Å². The molecule has 2 aromatic rings. The Morgan fingerprint density at radius 3 is 2.62 bits per heavy atom. The van der Waals surface area contributed by atoms with Gasteiger partial charge in [0.25, 0.3) is 5.91 Å². The summed E-state index contributed by atoms with van der Waals surface area (Å²) in [6, 6.07) is 6.45. The summed E-state index contributed by atoms with van der Waals surface area (Å²) in [5, 5.41) is 5.53. The first-order valence-corrected chi connectivity index (χ1v) is 7.42. The summed E-state index contributed by atoms with van der Waals surface area (Å²) in [7, 11) is 0. The van der Waals surface area contributed by atoms with Crippen molar-refractivity contribution in [1.29, 1.82) is 0 Å². The topological polar surface area (TPSA) is 66.9 Å². The van der Waals surface area contributed by atoms with Crippen molar-refractivity contribution in [1.82, 2.24) is 15.3 Å². The van der Waals surface area contributed by atoms with Crippen molar-refractivity contribution in [2.24, 2.45) is 0 Å². The Bertz CT molecular complexity index is 772. The molecule has 1 fully saturated rings. The minimum atomic E-state index is -4.43. The molecule has 1 aromatic carbocycles. The first-order valence-electron chi connectivity index (χ1n) is 7.42. The van der Waals surface area contributed by atoms with Crippen LogP contribution >= 0.6 is 0 Å². The number of hydrogen-bond acceptors (Lipinski definition) is 4. The number of hydrogen-bond donors (Lipinski definition) is 2. The van der Waals surface area contributed by atoms with Gasteiger partial charge in [0, 0.05) is 17.4 Å². The van der Waals surface area contributed by atoms with Crippen LogP contribution in [0.15, 0.2) is 30.3 Å². The lowest BCUT2D eigenvalue weighted by Crippen LogP contribution is -2.26. The number of carbonyl (C=O) groups is 1. The second kappa shape index (κ2) is 6.10.